The normalized spacial score (nSPS) is 17.3. The number of phenols is 1. The third-order valence-electron chi connectivity index (χ3n) is 3.41. The minimum Gasteiger partial charge on any atom is -0.507 e. The molecule has 1 aliphatic rings. The second kappa shape index (κ2) is 6.55. The minimum absolute atomic E-state index is 0.312. The monoisotopic (exact) mass is 313 g/mol. The molecular weight excluding hydrogens is 294 g/mol. The Morgan fingerprint density at radius 1 is 1.39 bits per heavy atom. The van der Waals surface area contributed by atoms with Crippen molar-refractivity contribution in [2.24, 2.45) is 5.92 Å². The molecule has 0 saturated carbocycles. The quantitative estimate of drug-likeness (QED) is 0.927. The van der Waals surface area contributed by atoms with E-state index in [1.165, 1.54) is 0 Å². The zero-order valence-electron chi connectivity index (χ0n) is 10.7. The fourth-order valence-electron chi connectivity index (χ4n) is 2.41. The van der Waals surface area contributed by atoms with Crippen molar-refractivity contribution in [3.63, 3.8) is 0 Å². The molecule has 18 heavy (non-hydrogen) atoms. The zero-order chi connectivity index (χ0) is 13.0. The van der Waals surface area contributed by atoms with Crippen LogP contribution in [0.2, 0.25) is 0 Å². The van der Waals surface area contributed by atoms with E-state index in [9.17, 15) is 5.11 Å². The lowest BCUT2D eigenvalue weighted by Crippen LogP contribution is -2.29. The smallest absolute Gasteiger partial charge is 0.130 e. The van der Waals surface area contributed by atoms with Crippen molar-refractivity contribution in [2.75, 3.05) is 26.8 Å². The average Bonchev–Trinajstić information content (AvgIpc) is 2.36. The van der Waals surface area contributed by atoms with Crippen LogP contribution in [0, 0.1) is 5.92 Å². The van der Waals surface area contributed by atoms with E-state index in [0.29, 0.717) is 5.75 Å². The maximum Gasteiger partial charge on any atom is 0.130 e. The van der Waals surface area contributed by atoms with Gasteiger partial charge < -0.3 is 14.7 Å². The van der Waals surface area contributed by atoms with Crippen LogP contribution in [0.25, 0.3) is 0 Å². The third kappa shape index (κ3) is 3.70. The van der Waals surface area contributed by atoms with E-state index in [1.54, 1.807) is 6.07 Å². The Kier molecular flexibility index (Phi) is 5.03. The summed E-state index contributed by atoms with van der Waals surface area (Å²) < 4.78 is 6.18. The maximum absolute atomic E-state index is 9.65. The Balaban J connectivity index is 1.90. The number of aromatic hydroxyl groups is 1. The Morgan fingerprint density at radius 2 is 2.11 bits per heavy atom. The van der Waals surface area contributed by atoms with Gasteiger partial charge in [0.15, 0.2) is 0 Å². The van der Waals surface area contributed by atoms with Gasteiger partial charge in [0.2, 0.25) is 0 Å². The van der Waals surface area contributed by atoms with E-state index in [2.05, 4.69) is 27.9 Å². The first-order valence-electron chi connectivity index (χ1n) is 6.39. The highest BCUT2D eigenvalue weighted by atomic mass is 79.9. The van der Waals surface area contributed by atoms with Crippen molar-refractivity contribution >= 4 is 15.9 Å². The van der Waals surface area contributed by atoms with Crippen LogP contribution in [-0.2, 0) is 11.3 Å². The van der Waals surface area contributed by atoms with Gasteiger partial charge in [0, 0.05) is 26.3 Å². The highest BCUT2D eigenvalue weighted by Crippen LogP contribution is 2.28. The highest BCUT2D eigenvalue weighted by Gasteiger charge is 2.16. The topological polar surface area (TPSA) is 32.7 Å². The molecule has 0 spiro atoms. The number of hydrogen-bond acceptors (Lipinski definition) is 3. The Labute approximate surface area is 117 Å². The molecule has 3 nitrogen and oxygen atoms in total. The van der Waals surface area contributed by atoms with Crippen LogP contribution in [0.5, 0.6) is 5.75 Å². The summed E-state index contributed by atoms with van der Waals surface area (Å²) in [6, 6.07) is 5.63. The Hall–Kier alpha value is -0.580. The maximum atomic E-state index is 9.65. The molecule has 0 amide bonds. The van der Waals surface area contributed by atoms with Crippen molar-refractivity contribution in [3.05, 3.63) is 28.2 Å². The molecular formula is C14H20BrNO2. The lowest BCUT2D eigenvalue weighted by molar-refractivity contribution is 0.0549. The molecule has 0 aromatic heterocycles. The first kappa shape index (κ1) is 13.8. The van der Waals surface area contributed by atoms with Gasteiger partial charge in [-0.15, -0.1) is 0 Å². The predicted octanol–water partition coefficient (Wildman–Crippen LogP) is 3.01. The molecule has 1 aromatic rings. The van der Waals surface area contributed by atoms with Gasteiger partial charge in [-0.25, -0.2) is 0 Å². The molecule has 0 bridgehead atoms. The summed E-state index contributed by atoms with van der Waals surface area (Å²) >= 11 is 3.44. The van der Waals surface area contributed by atoms with Crippen molar-refractivity contribution in [3.8, 4) is 5.75 Å². The Bertz CT molecular complexity index is 391. The van der Waals surface area contributed by atoms with Crippen LogP contribution in [0.1, 0.15) is 18.4 Å². The van der Waals surface area contributed by atoms with E-state index in [0.717, 1.165) is 55.1 Å². The summed E-state index contributed by atoms with van der Waals surface area (Å²) in [7, 11) is 2.13. The fourth-order valence-corrected chi connectivity index (χ4v) is 2.80. The Morgan fingerprint density at radius 3 is 2.83 bits per heavy atom. The average molecular weight is 314 g/mol. The second-order valence-electron chi connectivity index (χ2n) is 5.00. The third-order valence-corrected chi connectivity index (χ3v) is 4.32. The highest BCUT2D eigenvalue weighted by molar-refractivity contribution is 9.10. The van der Waals surface area contributed by atoms with Gasteiger partial charge in [0.25, 0.3) is 0 Å². The van der Waals surface area contributed by atoms with Crippen LogP contribution in [0.3, 0.4) is 0 Å². The molecule has 4 heteroatoms. The van der Waals surface area contributed by atoms with E-state index in [4.69, 9.17) is 4.74 Å². The van der Waals surface area contributed by atoms with Gasteiger partial charge in [-0.05, 0) is 53.4 Å². The lowest BCUT2D eigenvalue weighted by Gasteiger charge is -2.27. The van der Waals surface area contributed by atoms with Crippen molar-refractivity contribution < 1.29 is 9.84 Å². The van der Waals surface area contributed by atoms with Gasteiger partial charge in [0.05, 0.1) is 4.47 Å². The molecule has 0 unspecified atom stereocenters. The molecule has 2 rings (SSSR count). The zero-order valence-corrected chi connectivity index (χ0v) is 12.3. The first-order valence-corrected chi connectivity index (χ1v) is 7.18. The van der Waals surface area contributed by atoms with Crippen LogP contribution < -0.4 is 0 Å². The summed E-state index contributed by atoms with van der Waals surface area (Å²) in [6.07, 6.45) is 2.32. The van der Waals surface area contributed by atoms with Crippen LogP contribution in [0.15, 0.2) is 22.7 Å². The van der Waals surface area contributed by atoms with Gasteiger partial charge in [-0.3, -0.25) is 0 Å². The lowest BCUT2D eigenvalue weighted by atomic mass is 10.00. The van der Waals surface area contributed by atoms with Crippen molar-refractivity contribution in [1.29, 1.82) is 0 Å². The minimum atomic E-state index is 0.312. The van der Waals surface area contributed by atoms with E-state index in [-0.39, 0.29) is 0 Å². The molecule has 1 fully saturated rings. The number of ether oxygens (including phenoxy) is 1. The van der Waals surface area contributed by atoms with E-state index in [1.807, 2.05) is 12.1 Å². The first-order chi connectivity index (χ1) is 8.66. The van der Waals surface area contributed by atoms with Crippen molar-refractivity contribution in [2.45, 2.75) is 19.4 Å². The molecule has 0 radical (unpaired) electrons. The molecule has 1 N–H and O–H groups in total. The number of halogens is 1. The largest absolute Gasteiger partial charge is 0.507 e. The van der Waals surface area contributed by atoms with Crippen LogP contribution >= 0.6 is 15.9 Å². The molecule has 1 saturated heterocycles. The molecule has 1 heterocycles. The predicted molar refractivity (Wildman–Crippen MR) is 75.7 cm³/mol. The summed E-state index contributed by atoms with van der Waals surface area (Å²) in [5.41, 5.74) is 1.13. The molecule has 0 aliphatic carbocycles. The second-order valence-corrected chi connectivity index (χ2v) is 5.80. The number of phenolic OH excluding ortho intramolecular Hbond substituents is 1. The number of rotatable bonds is 4. The van der Waals surface area contributed by atoms with Gasteiger partial charge in [0.1, 0.15) is 5.75 Å². The number of hydrogen-bond donors (Lipinski definition) is 1. The standard InChI is InChI=1S/C14H20BrNO2/c1-16(9-11-5-7-18-8-6-11)10-12-3-2-4-13(17)14(12)15/h2-4,11,17H,5-10H2,1H3. The van der Waals surface area contributed by atoms with Gasteiger partial charge >= 0.3 is 0 Å². The summed E-state index contributed by atoms with van der Waals surface area (Å²) in [4.78, 5) is 2.32. The van der Waals surface area contributed by atoms with Crippen LogP contribution in [0.4, 0.5) is 0 Å². The number of benzene rings is 1. The fraction of sp³-hybridized carbons (Fsp3) is 0.571. The summed E-state index contributed by atoms with van der Waals surface area (Å²) in [6.45, 7) is 3.74. The molecule has 0 atom stereocenters. The van der Waals surface area contributed by atoms with E-state index >= 15 is 0 Å². The van der Waals surface area contributed by atoms with Crippen molar-refractivity contribution in [1.82, 2.24) is 4.90 Å². The summed E-state index contributed by atoms with van der Waals surface area (Å²) in [5, 5.41) is 9.65. The SMILES string of the molecule is CN(Cc1cccc(O)c1Br)CC1CCOCC1. The molecule has 1 aliphatic heterocycles. The van der Waals surface area contributed by atoms with Crippen LogP contribution in [-0.4, -0.2) is 36.8 Å². The number of nitrogens with zero attached hydrogens (tertiary/aromatic N) is 1. The molecule has 100 valence electrons. The van der Waals surface area contributed by atoms with Gasteiger partial charge in [-0.1, -0.05) is 12.1 Å². The van der Waals surface area contributed by atoms with E-state index < -0.39 is 0 Å². The molecule has 1 aromatic carbocycles. The summed E-state index contributed by atoms with van der Waals surface area (Å²) in [5.74, 6) is 1.05. The van der Waals surface area contributed by atoms with Gasteiger partial charge in [-0.2, -0.15) is 0 Å².